The number of nitrogens with one attached hydrogen (secondary N) is 2. The minimum absolute atomic E-state index is 0.0240. The van der Waals surface area contributed by atoms with Crippen LogP contribution >= 0.6 is 0 Å². The first kappa shape index (κ1) is 61.9. The predicted octanol–water partition coefficient (Wildman–Crippen LogP) is -4.52. The second-order valence-electron chi connectivity index (χ2n) is 22.4. The van der Waals surface area contributed by atoms with Gasteiger partial charge in [-0.1, -0.05) is 41.0 Å². The number of guanidine groups is 2. The van der Waals surface area contributed by atoms with E-state index < -0.39 is 158 Å². The zero-order valence-electron chi connectivity index (χ0n) is 44.7. The van der Waals surface area contributed by atoms with Gasteiger partial charge in [0.25, 0.3) is 0 Å². The summed E-state index contributed by atoms with van der Waals surface area (Å²) in [4.78, 5) is 7.95. The summed E-state index contributed by atoms with van der Waals surface area (Å²) >= 11 is 0. The maximum Gasteiger partial charge on any atom is 0.187 e. The maximum absolute atomic E-state index is 12.7. The minimum Gasteiger partial charge on any atom is -0.394 e. The molecule has 0 aromatic carbocycles. The highest BCUT2D eigenvalue weighted by molar-refractivity contribution is 5.76. The molecular weight excluding hydrogens is 989 g/mol. The highest BCUT2D eigenvalue weighted by Gasteiger charge is 2.61. The van der Waals surface area contributed by atoms with E-state index in [9.17, 15) is 51.1 Å². The van der Waals surface area contributed by atoms with Gasteiger partial charge in [-0.2, -0.15) is 0 Å². The van der Waals surface area contributed by atoms with Crippen molar-refractivity contribution in [3.8, 4) is 0 Å². The van der Waals surface area contributed by atoms with Crippen LogP contribution in [0, 0.1) is 29.6 Å². The third kappa shape index (κ3) is 13.7. The minimum atomic E-state index is -1.98. The lowest BCUT2D eigenvalue weighted by atomic mass is 9.76. The van der Waals surface area contributed by atoms with E-state index in [0.29, 0.717) is 32.2 Å². The molecule has 4 saturated heterocycles. The Kier molecular flexibility index (Phi) is 21.8. The molecule has 2 aliphatic carbocycles. The van der Waals surface area contributed by atoms with Crippen LogP contribution in [0.2, 0.25) is 0 Å². The van der Waals surface area contributed by atoms with E-state index in [0.717, 1.165) is 19.3 Å². The summed E-state index contributed by atoms with van der Waals surface area (Å²) in [5, 5.41) is 119. The fraction of sp³-hybridized carbons (Fsp3) is 0.959. The molecule has 0 radical (unpaired) electrons. The third-order valence-corrected chi connectivity index (χ3v) is 17.0. The van der Waals surface area contributed by atoms with E-state index in [-0.39, 0.29) is 42.9 Å². The van der Waals surface area contributed by atoms with Gasteiger partial charge in [0.1, 0.15) is 78.7 Å². The Morgan fingerprint density at radius 3 is 1.95 bits per heavy atom. The summed E-state index contributed by atoms with van der Waals surface area (Å²) in [6, 6.07) is -4.11. The predicted molar refractivity (Wildman–Crippen MR) is 269 cm³/mol. The van der Waals surface area contributed by atoms with Crippen LogP contribution < -0.4 is 33.6 Å². The molecule has 4 heterocycles. The largest absolute Gasteiger partial charge is 0.394 e. The van der Waals surface area contributed by atoms with Gasteiger partial charge in [0.15, 0.2) is 37.1 Å². The highest BCUT2D eigenvalue weighted by atomic mass is 16.8. The number of nitrogens with zero attached hydrogens (tertiary/aromatic N) is 2. The Hall–Kier alpha value is -2.26. The Labute approximate surface area is 439 Å². The molecule has 75 heavy (non-hydrogen) atoms. The van der Waals surface area contributed by atoms with E-state index in [1.807, 2.05) is 20.8 Å². The van der Waals surface area contributed by atoms with Gasteiger partial charge in [-0.05, 0) is 83.7 Å². The zero-order chi connectivity index (χ0) is 55.4. The number of hydrogen-bond donors (Lipinski definition) is 16. The van der Waals surface area contributed by atoms with Gasteiger partial charge in [-0.25, -0.2) is 9.98 Å². The lowest BCUT2D eigenvalue weighted by molar-refractivity contribution is -0.325. The summed E-state index contributed by atoms with van der Waals surface area (Å²) in [7, 11) is 1.48. The third-order valence-electron chi connectivity index (χ3n) is 17.0. The first-order valence-electron chi connectivity index (χ1n) is 26.9. The summed E-state index contributed by atoms with van der Waals surface area (Å²) < 4.78 is 50.8. The summed E-state index contributed by atoms with van der Waals surface area (Å²) in [6.45, 7) is 12.8. The normalized spacial score (nSPS) is 48.0. The van der Waals surface area contributed by atoms with Gasteiger partial charge in [0, 0.05) is 18.4 Å². The molecule has 12 unspecified atom stereocenters. The lowest BCUT2D eigenvalue weighted by Gasteiger charge is -2.49. The van der Waals surface area contributed by atoms with Crippen molar-refractivity contribution in [1.82, 2.24) is 10.6 Å². The van der Waals surface area contributed by atoms with Crippen molar-refractivity contribution in [2.24, 2.45) is 62.5 Å². The number of aliphatic hydroxyl groups is 10. The number of nitrogens with two attached hydrogens (primary N) is 4. The van der Waals surface area contributed by atoms with E-state index in [1.54, 1.807) is 13.8 Å². The summed E-state index contributed by atoms with van der Waals surface area (Å²) in [5.41, 5.74) is 19.4. The molecule has 6 rings (SSSR count). The Morgan fingerprint density at radius 1 is 0.720 bits per heavy atom. The van der Waals surface area contributed by atoms with Crippen molar-refractivity contribution in [2.45, 2.75) is 233 Å². The number of rotatable bonds is 21. The van der Waals surface area contributed by atoms with E-state index in [1.165, 1.54) is 7.05 Å². The fourth-order valence-corrected chi connectivity index (χ4v) is 12.2. The van der Waals surface area contributed by atoms with Crippen LogP contribution in [0.4, 0.5) is 0 Å². The molecule has 0 aromatic heterocycles. The molecular formula is C49H92N8O18. The summed E-state index contributed by atoms with van der Waals surface area (Å²) in [5.74, 6) is -1.52. The molecule has 4 aliphatic heterocycles. The van der Waals surface area contributed by atoms with Gasteiger partial charge >= 0.3 is 0 Å². The first-order chi connectivity index (χ1) is 35.3. The number of aliphatic imine (C=N–C) groups is 2. The first-order valence-corrected chi connectivity index (χ1v) is 26.9. The quantitative estimate of drug-likeness (QED) is 0.0292. The van der Waals surface area contributed by atoms with Crippen LogP contribution in [0.15, 0.2) is 9.98 Å². The molecule has 20 N–H and O–H groups in total. The van der Waals surface area contributed by atoms with Gasteiger partial charge in [-0.15, -0.1) is 0 Å². The topological polar surface area (TPSA) is 429 Å². The maximum atomic E-state index is 12.7. The number of hydrogen-bond acceptors (Lipinski definition) is 22. The fourth-order valence-electron chi connectivity index (χ4n) is 12.2. The van der Waals surface area contributed by atoms with Gasteiger partial charge < -0.3 is 123 Å². The number of ether oxygens (including phenoxy) is 8. The van der Waals surface area contributed by atoms with Crippen LogP contribution in [0.25, 0.3) is 0 Å². The van der Waals surface area contributed by atoms with Crippen molar-refractivity contribution in [2.75, 3.05) is 33.4 Å². The van der Waals surface area contributed by atoms with E-state index >= 15 is 0 Å². The van der Waals surface area contributed by atoms with Crippen LogP contribution in [0.1, 0.15) is 93.4 Å². The molecule has 436 valence electrons. The average molecular weight is 1080 g/mol. The van der Waals surface area contributed by atoms with Crippen molar-refractivity contribution in [1.29, 1.82) is 0 Å². The molecule has 6 aliphatic rings. The van der Waals surface area contributed by atoms with E-state index in [4.69, 9.17) is 60.8 Å². The molecule has 0 amide bonds. The van der Waals surface area contributed by atoms with Crippen LogP contribution in [0.3, 0.4) is 0 Å². The van der Waals surface area contributed by atoms with Crippen molar-refractivity contribution in [3.63, 3.8) is 0 Å². The molecule has 2 saturated carbocycles. The molecule has 26 heteroatoms. The lowest BCUT2D eigenvalue weighted by Crippen LogP contribution is -2.67. The zero-order valence-corrected chi connectivity index (χ0v) is 44.7. The monoisotopic (exact) mass is 1080 g/mol. The number of aliphatic hydroxyl groups excluding tert-OH is 8. The standard InChI is InChI=1S/C49H92N8O18/c1-9-20(3)26-14-13-24(42(70-26)72-38-21(4)16-22(5)39(37(38)65)73-44-31(59)25(10-2)48(7,66)19-68-44)12-11-15-55-18-49(67)23(6)69-45(41(49)75-43-30(54-8)35(63)32(60)27(17-58)71-43)74-40-29(57-47(52)53)33(61)28(56-46(50)51)34(62)36(40)64/h20-45,54-55,58-67H,9-19H2,1-8H3,(H4,50,51,56)(H4,52,53,57)/t20?,21-,22+,23+,24?,25+,26-,27?,28?,29-,30?,31+,32-,33?,34+,35+,36?,37-,38?,39?,40-,41?,42?,43-,44?,45-,48-,49-/m0/s1. The molecule has 0 spiro atoms. The van der Waals surface area contributed by atoms with Crippen LogP contribution in [-0.4, -0.2) is 236 Å². The van der Waals surface area contributed by atoms with Gasteiger partial charge in [-0.3, -0.25) is 0 Å². The highest BCUT2D eigenvalue weighted by Crippen LogP contribution is 2.43. The Balaban J connectivity index is 1.18. The van der Waals surface area contributed by atoms with Crippen LogP contribution in [0.5, 0.6) is 0 Å². The molecule has 0 bridgehead atoms. The molecule has 6 fully saturated rings. The number of likely N-dealkylation sites (N-methyl/N-ethyl adjacent to an activating group) is 1. The molecule has 28 atom stereocenters. The smallest absolute Gasteiger partial charge is 0.187 e. The molecule has 26 nitrogen and oxygen atoms in total. The van der Waals surface area contributed by atoms with Gasteiger partial charge in [0.05, 0.1) is 49.3 Å². The van der Waals surface area contributed by atoms with E-state index in [2.05, 4.69) is 34.5 Å². The van der Waals surface area contributed by atoms with Gasteiger partial charge in [0.2, 0.25) is 0 Å². The molecule has 0 aromatic rings. The Bertz CT molecular complexity index is 1840. The van der Waals surface area contributed by atoms with Crippen molar-refractivity contribution < 1.29 is 89.0 Å². The van der Waals surface area contributed by atoms with Crippen molar-refractivity contribution >= 4 is 11.9 Å². The SMILES string of the molecule is CCC(C)[C@@H]1CCC(CCCNC[C@@]2(O)C(O[C@@H]3OC(CO)[C@H](O)[C@H](O)C3NC)[C@H](O[C@@H]3C(O)[C@H](O)C(N=C(N)N)C(O)[C@@H]3N=C(N)N)O[C@@H]2C)C(OC2[C@H](O)C(OC3OC[C@](C)(O)[C@H](CC)[C@H]3O)[C@H](C)C[C@@H]2C)O1. The second kappa shape index (κ2) is 26.3. The Morgan fingerprint density at radius 2 is 1.35 bits per heavy atom. The van der Waals surface area contributed by atoms with Crippen molar-refractivity contribution in [3.05, 3.63) is 0 Å². The van der Waals surface area contributed by atoms with Crippen LogP contribution in [-0.2, 0) is 37.9 Å². The second-order valence-corrected chi connectivity index (χ2v) is 22.4. The average Bonchev–Trinajstić information content (AvgIpc) is 3.58. The summed E-state index contributed by atoms with van der Waals surface area (Å²) in [6.07, 6.45) is -17.6.